The van der Waals surface area contributed by atoms with E-state index in [4.69, 9.17) is 24.5 Å². The van der Waals surface area contributed by atoms with Gasteiger partial charge >= 0.3 is 12.1 Å². The van der Waals surface area contributed by atoms with E-state index in [9.17, 15) is 17.6 Å². The van der Waals surface area contributed by atoms with E-state index in [1.165, 1.54) is 19.2 Å². The predicted octanol–water partition coefficient (Wildman–Crippen LogP) is 3.93. The molecule has 0 atom stereocenters. The van der Waals surface area contributed by atoms with Crippen LogP contribution < -0.4 is 19.3 Å². The highest BCUT2D eigenvalue weighted by Crippen LogP contribution is 2.40. The predicted molar refractivity (Wildman–Crippen MR) is 153 cm³/mol. The molecule has 1 fully saturated rings. The number of benzene rings is 3. The van der Waals surface area contributed by atoms with E-state index in [0.29, 0.717) is 37.7 Å². The Morgan fingerprint density at radius 1 is 0.953 bits per heavy atom. The molecule has 0 aromatic heterocycles. The van der Waals surface area contributed by atoms with Crippen molar-refractivity contribution in [2.75, 3.05) is 56.8 Å². The van der Waals surface area contributed by atoms with Crippen molar-refractivity contribution in [2.24, 2.45) is 4.99 Å². The number of aliphatic imine (C=N–C) groups is 1. The number of carboxylic acids is 1. The van der Waals surface area contributed by atoms with E-state index in [-0.39, 0.29) is 29.1 Å². The SMILES string of the molecule is COc1cccc(N2CCN(C3=Nc4c(F)cccc4CN3c3cc(C(F)(F)F)ccc3OC)CC2)c1.O.O=C(O)CO. The van der Waals surface area contributed by atoms with Gasteiger partial charge in [0, 0.05) is 43.5 Å². The number of aliphatic hydroxyl groups excluding tert-OH is 1. The van der Waals surface area contributed by atoms with Crippen molar-refractivity contribution >= 4 is 29.0 Å². The van der Waals surface area contributed by atoms with E-state index in [2.05, 4.69) is 9.89 Å². The second kappa shape index (κ2) is 14.1. The van der Waals surface area contributed by atoms with Crippen LogP contribution >= 0.6 is 0 Å². The van der Waals surface area contributed by atoms with E-state index in [0.717, 1.165) is 23.6 Å². The molecule has 4 N–H and O–H groups in total. The van der Waals surface area contributed by atoms with E-state index in [1.54, 1.807) is 24.1 Å². The highest BCUT2D eigenvalue weighted by molar-refractivity contribution is 6.01. The van der Waals surface area contributed by atoms with Crippen LogP contribution in [0.2, 0.25) is 0 Å². The number of aliphatic carboxylic acids is 1. The number of anilines is 2. The molecular formula is C29H32F4N4O6. The van der Waals surface area contributed by atoms with Gasteiger partial charge in [-0.15, -0.1) is 0 Å². The number of methoxy groups -OCH3 is 2. The molecule has 0 saturated carbocycles. The van der Waals surface area contributed by atoms with Crippen molar-refractivity contribution in [2.45, 2.75) is 12.7 Å². The summed E-state index contributed by atoms with van der Waals surface area (Å²) in [5.41, 5.74) is 1.22. The van der Waals surface area contributed by atoms with Crippen LogP contribution in [-0.2, 0) is 17.5 Å². The van der Waals surface area contributed by atoms with Crippen LogP contribution in [0.15, 0.2) is 65.7 Å². The number of ether oxygens (including phenoxy) is 2. The van der Waals surface area contributed by atoms with Gasteiger partial charge in [0.1, 0.15) is 29.6 Å². The maximum Gasteiger partial charge on any atom is 0.416 e. The van der Waals surface area contributed by atoms with Crippen LogP contribution in [-0.4, -0.2) is 79.5 Å². The zero-order valence-corrected chi connectivity index (χ0v) is 23.4. The Balaban J connectivity index is 0.000000781. The largest absolute Gasteiger partial charge is 0.497 e. The zero-order valence-electron chi connectivity index (χ0n) is 23.4. The van der Waals surface area contributed by atoms with E-state index >= 15 is 0 Å². The number of piperazine rings is 1. The first-order valence-electron chi connectivity index (χ1n) is 12.9. The summed E-state index contributed by atoms with van der Waals surface area (Å²) in [7, 11) is 3.03. The van der Waals surface area contributed by atoms with Crippen molar-refractivity contribution in [3.8, 4) is 11.5 Å². The molecule has 3 aromatic carbocycles. The van der Waals surface area contributed by atoms with Crippen LogP contribution in [0.25, 0.3) is 0 Å². The number of alkyl halides is 3. The molecule has 0 amide bonds. The molecule has 43 heavy (non-hydrogen) atoms. The number of fused-ring (bicyclic) bond motifs is 1. The molecule has 2 aliphatic rings. The molecule has 1 saturated heterocycles. The number of hydrogen-bond donors (Lipinski definition) is 2. The minimum Gasteiger partial charge on any atom is -0.497 e. The van der Waals surface area contributed by atoms with Gasteiger partial charge in [0.25, 0.3) is 0 Å². The Morgan fingerprint density at radius 3 is 2.21 bits per heavy atom. The minimum atomic E-state index is -4.53. The second-order valence-electron chi connectivity index (χ2n) is 9.36. The first kappa shape index (κ1) is 32.9. The van der Waals surface area contributed by atoms with Gasteiger partial charge in [-0.1, -0.05) is 18.2 Å². The molecule has 2 heterocycles. The van der Waals surface area contributed by atoms with Crippen LogP contribution in [0.4, 0.5) is 34.6 Å². The van der Waals surface area contributed by atoms with Gasteiger partial charge in [-0.2, -0.15) is 13.2 Å². The summed E-state index contributed by atoms with van der Waals surface area (Å²) < 4.78 is 66.3. The highest BCUT2D eigenvalue weighted by atomic mass is 19.4. The number of rotatable bonds is 5. The fraction of sp³-hybridized carbons (Fsp3) is 0.310. The average Bonchev–Trinajstić information content (AvgIpc) is 3.00. The van der Waals surface area contributed by atoms with Crippen LogP contribution in [0.5, 0.6) is 11.5 Å². The monoisotopic (exact) mass is 608 g/mol. The molecule has 0 radical (unpaired) electrons. The smallest absolute Gasteiger partial charge is 0.416 e. The van der Waals surface area contributed by atoms with E-state index in [1.807, 2.05) is 29.2 Å². The van der Waals surface area contributed by atoms with Gasteiger partial charge in [-0.25, -0.2) is 14.2 Å². The van der Waals surface area contributed by atoms with Crippen LogP contribution in [0.3, 0.4) is 0 Å². The molecule has 0 unspecified atom stereocenters. The van der Waals surface area contributed by atoms with Gasteiger partial charge in [0.2, 0.25) is 5.96 Å². The summed E-state index contributed by atoms with van der Waals surface area (Å²) in [6.07, 6.45) is -4.53. The number of aliphatic hydroxyl groups is 1. The Labute approximate surface area is 245 Å². The van der Waals surface area contributed by atoms with Crippen LogP contribution in [0, 0.1) is 5.82 Å². The van der Waals surface area contributed by atoms with Crippen molar-refractivity contribution in [1.82, 2.24) is 4.90 Å². The summed E-state index contributed by atoms with van der Waals surface area (Å²) in [6.45, 7) is 1.74. The minimum absolute atomic E-state index is 0. The summed E-state index contributed by atoms with van der Waals surface area (Å²) in [4.78, 5) is 19.6. The third-order valence-corrected chi connectivity index (χ3v) is 6.77. The average molecular weight is 609 g/mol. The first-order chi connectivity index (χ1) is 20.0. The lowest BCUT2D eigenvalue weighted by Crippen LogP contribution is -2.54. The first-order valence-corrected chi connectivity index (χ1v) is 12.9. The third-order valence-electron chi connectivity index (χ3n) is 6.77. The van der Waals surface area contributed by atoms with Crippen molar-refractivity contribution in [3.63, 3.8) is 0 Å². The fourth-order valence-electron chi connectivity index (χ4n) is 4.70. The van der Waals surface area contributed by atoms with Crippen LogP contribution in [0.1, 0.15) is 11.1 Å². The molecule has 232 valence electrons. The number of nitrogens with zero attached hydrogens (tertiary/aromatic N) is 4. The fourth-order valence-corrected chi connectivity index (χ4v) is 4.70. The lowest BCUT2D eigenvalue weighted by Gasteiger charge is -2.42. The lowest BCUT2D eigenvalue weighted by molar-refractivity contribution is -0.140. The molecule has 3 aromatic rings. The molecular weight excluding hydrogens is 576 g/mol. The quantitative estimate of drug-likeness (QED) is 0.417. The number of carbonyl (C=O) groups is 1. The van der Waals surface area contributed by atoms with Crippen molar-refractivity contribution in [3.05, 3.63) is 77.6 Å². The maximum atomic E-state index is 14.7. The Hall–Kier alpha value is -4.56. The number of hydrogen-bond acceptors (Lipinski definition) is 8. The van der Waals surface area contributed by atoms with Crippen molar-refractivity contribution < 1.29 is 47.5 Å². The molecule has 0 bridgehead atoms. The number of guanidine groups is 1. The Bertz CT molecular complexity index is 1440. The third kappa shape index (κ3) is 7.64. The van der Waals surface area contributed by atoms with Crippen molar-refractivity contribution in [1.29, 1.82) is 0 Å². The summed E-state index contributed by atoms with van der Waals surface area (Å²) >= 11 is 0. The van der Waals surface area contributed by atoms with E-state index < -0.39 is 30.1 Å². The van der Waals surface area contributed by atoms with Gasteiger partial charge in [0.05, 0.1) is 32.0 Å². The summed E-state index contributed by atoms with van der Waals surface area (Å²) in [5, 5.41) is 15.0. The lowest BCUT2D eigenvalue weighted by atomic mass is 10.1. The van der Waals surface area contributed by atoms with Gasteiger partial charge in [0.15, 0.2) is 0 Å². The van der Waals surface area contributed by atoms with Gasteiger partial charge < -0.3 is 39.9 Å². The van der Waals surface area contributed by atoms with Gasteiger partial charge in [-0.3, -0.25) is 0 Å². The van der Waals surface area contributed by atoms with Gasteiger partial charge in [-0.05, 0) is 36.4 Å². The molecule has 0 aliphatic carbocycles. The normalized spacial score (nSPS) is 14.5. The topological polar surface area (TPSA) is 130 Å². The second-order valence-corrected chi connectivity index (χ2v) is 9.36. The highest BCUT2D eigenvalue weighted by Gasteiger charge is 2.35. The molecule has 10 nitrogen and oxygen atoms in total. The standard InChI is InChI=1S/C27H26F4N4O2.C2H4O3.H2O/c1-36-21-7-4-6-20(16-21)33-11-13-34(14-12-33)26-32-25-18(5-3-8-22(25)28)17-35(26)23-15-19(27(29,30)31)9-10-24(23)37-2;3-1-2(4)5;/h3-10,15-16H,11-14,17H2,1-2H3;3H,1H2,(H,4,5);1H2. The maximum absolute atomic E-state index is 14.7. The zero-order chi connectivity index (χ0) is 30.4. The molecule has 0 spiro atoms. The Morgan fingerprint density at radius 2 is 1.60 bits per heavy atom. The summed E-state index contributed by atoms with van der Waals surface area (Å²) in [5.74, 6) is -0.242. The molecule has 2 aliphatic heterocycles. The summed E-state index contributed by atoms with van der Waals surface area (Å²) in [6, 6.07) is 15.8. The molecule has 14 heteroatoms. The number of halogens is 4. The Kier molecular flexibility index (Phi) is 10.8. The number of para-hydroxylation sites is 1. The number of carboxylic acid groups (broad SMARTS) is 1. The molecule has 5 rings (SSSR count).